The van der Waals surface area contributed by atoms with E-state index in [2.05, 4.69) is 5.32 Å². The lowest BCUT2D eigenvalue weighted by molar-refractivity contribution is -0.140. The number of hydrogen-bond donors (Lipinski definition) is 1. The number of sulfonamides is 1. The van der Waals surface area contributed by atoms with E-state index in [1.54, 1.807) is 48.5 Å². The van der Waals surface area contributed by atoms with Crippen molar-refractivity contribution in [2.75, 3.05) is 23.7 Å². The number of thioether (sulfide) groups is 1. The van der Waals surface area contributed by atoms with Crippen molar-refractivity contribution in [3.63, 3.8) is 0 Å². The average molecular weight is 612 g/mol. The maximum absolute atomic E-state index is 14.1. The van der Waals surface area contributed by atoms with Crippen molar-refractivity contribution < 1.29 is 22.7 Å². The fourth-order valence-electron chi connectivity index (χ4n) is 4.47. The smallest absolute Gasteiger partial charge is 0.264 e. The van der Waals surface area contributed by atoms with Crippen molar-refractivity contribution in [2.24, 2.45) is 0 Å². The predicted molar refractivity (Wildman–Crippen MR) is 169 cm³/mol. The van der Waals surface area contributed by atoms with E-state index in [1.807, 2.05) is 65.1 Å². The summed E-state index contributed by atoms with van der Waals surface area (Å²) in [6, 6.07) is 20.0. The lowest BCUT2D eigenvalue weighted by atomic mass is 10.1. The number of ether oxygens (including phenoxy) is 1. The van der Waals surface area contributed by atoms with Gasteiger partial charge in [0.25, 0.3) is 10.0 Å². The van der Waals surface area contributed by atoms with Gasteiger partial charge in [0.05, 0.1) is 17.2 Å². The lowest BCUT2D eigenvalue weighted by Crippen LogP contribution is -2.53. The Hall–Kier alpha value is -3.50. The van der Waals surface area contributed by atoms with Crippen molar-refractivity contribution >= 4 is 39.3 Å². The molecule has 0 saturated carbocycles. The van der Waals surface area contributed by atoms with Crippen LogP contribution in [0.1, 0.15) is 45.2 Å². The zero-order valence-corrected chi connectivity index (χ0v) is 26.8. The SMILES string of the molecule is CCOc1ccc(N(CC(=O)N(Cc2ccc(C)cc2)[C@H](CC)C(=O)NC(C)C)S(=O)(=O)c2ccc(SC)cc2)cc1. The second kappa shape index (κ2) is 15.1. The molecule has 0 fully saturated rings. The molecule has 3 aromatic carbocycles. The molecule has 42 heavy (non-hydrogen) atoms. The highest BCUT2D eigenvalue weighted by atomic mass is 32.2. The Bertz CT molecular complexity index is 1420. The Labute approximate surface area is 254 Å². The van der Waals surface area contributed by atoms with E-state index in [4.69, 9.17) is 4.74 Å². The van der Waals surface area contributed by atoms with Gasteiger partial charge in [-0.15, -0.1) is 11.8 Å². The van der Waals surface area contributed by atoms with Gasteiger partial charge in [-0.1, -0.05) is 36.8 Å². The van der Waals surface area contributed by atoms with Gasteiger partial charge in [-0.25, -0.2) is 8.42 Å². The number of nitrogens with one attached hydrogen (secondary N) is 1. The minimum absolute atomic E-state index is 0.0664. The number of anilines is 1. The lowest BCUT2D eigenvalue weighted by Gasteiger charge is -2.33. The maximum atomic E-state index is 14.1. The van der Waals surface area contributed by atoms with Crippen LogP contribution in [0.15, 0.2) is 82.6 Å². The molecule has 0 radical (unpaired) electrons. The van der Waals surface area contributed by atoms with E-state index in [1.165, 1.54) is 16.7 Å². The van der Waals surface area contributed by atoms with Crippen LogP contribution in [0.25, 0.3) is 0 Å². The monoisotopic (exact) mass is 611 g/mol. The molecule has 0 aliphatic carbocycles. The third-order valence-electron chi connectivity index (χ3n) is 6.65. The van der Waals surface area contributed by atoms with E-state index in [-0.39, 0.29) is 23.4 Å². The van der Waals surface area contributed by atoms with Gasteiger partial charge in [-0.2, -0.15) is 0 Å². The number of amides is 2. The molecule has 1 N–H and O–H groups in total. The number of benzene rings is 3. The van der Waals surface area contributed by atoms with Gasteiger partial charge in [0.2, 0.25) is 11.8 Å². The first-order valence-corrected chi connectivity index (χ1v) is 16.7. The second-order valence-electron chi connectivity index (χ2n) is 10.2. The molecule has 0 aromatic heterocycles. The molecule has 0 heterocycles. The predicted octanol–water partition coefficient (Wildman–Crippen LogP) is 5.64. The molecule has 0 aliphatic heterocycles. The summed E-state index contributed by atoms with van der Waals surface area (Å²) >= 11 is 1.51. The maximum Gasteiger partial charge on any atom is 0.264 e. The summed E-state index contributed by atoms with van der Waals surface area (Å²) in [4.78, 5) is 29.9. The van der Waals surface area contributed by atoms with Gasteiger partial charge < -0.3 is 15.0 Å². The van der Waals surface area contributed by atoms with Crippen LogP contribution in [-0.4, -0.2) is 56.6 Å². The van der Waals surface area contributed by atoms with Gasteiger partial charge in [0.15, 0.2) is 0 Å². The minimum atomic E-state index is -4.15. The molecule has 3 rings (SSSR count). The third kappa shape index (κ3) is 8.51. The number of nitrogens with zero attached hydrogens (tertiary/aromatic N) is 2. The zero-order valence-electron chi connectivity index (χ0n) is 25.2. The summed E-state index contributed by atoms with van der Waals surface area (Å²) < 4.78 is 34.8. The molecule has 3 aromatic rings. The third-order valence-corrected chi connectivity index (χ3v) is 9.18. The summed E-state index contributed by atoms with van der Waals surface area (Å²) in [5.74, 6) is -0.178. The molecule has 0 spiro atoms. The first-order valence-electron chi connectivity index (χ1n) is 14.0. The van der Waals surface area contributed by atoms with Crippen molar-refractivity contribution in [1.29, 1.82) is 0 Å². The molecule has 8 nitrogen and oxygen atoms in total. The van der Waals surface area contributed by atoms with E-state index < -0.39 is 28.5 Å². The summed E-state index contributed by atoms with van der Waals surface area (Å²) in [5, 5.41) is 2.91. The fourth-order valence-corrected chi connectivity index (χ4v) is 6.29. The number of rotatable bonds is 14. The van der Waals surface area contributed by atoms with Crippen molar-refractivity contribution in [1.82, 2.24) is 10.2 Å². The summed E-state index contributed by atoms with van der Waals surface area (Å²) in [5.41, 5.74) is 2.23. The number of carbonyl (C=O) groups excluding carboxylic acids is 2. The summed E-state index contributed by atoms with van der Waals surface area (Å²) in [7, 11) is -4.15. The molecule has 0 bridgehead atoms. The highest BCUT2D eigenvalue weighted by Crippen LogP contribution is 2.28. The molecular formula is C32H41N3O5S2. The van der Waals surface area contributed by atoms with E-state index in [0.717, 1.165) is 20.3 Å². The van der Waals surface area contributed by atoms with Gasteiger partial charge in [0, 0.05) is 17.5 Å². The van der Waals surface area contributed by atoms with Crippen molar-refractivity contribution in [3.05, 3.63) is 83.9 Å². The largest absolute Gasteiger partial charge is 0.494 e. The van der Waals surface area contributed by atoms with Crippen LogP contribution < -0.4 is 14.4 Å². The molecule has 2 amide bonds. The molecular weight excluding hydrogens is 571 g/mol. The zero-order chi connectivity index (χ0) is 30.9. The number of carbonyl (C=O) groups is 2. The molecule has 226 valence electrons. The van der Waals surface area contributed by atoms with Gasteiger partial charge in [-0.05, 0) is 94.5 Å². The highest BCUT2D eigenvalue weighted by Gasteiger charge is 2.34. The summed E-state index contributed by atoms with van der Waals surface area (Å²) in [6.45, 7) is 9.53. The Kier molecular flexibility index (Phi) is 11.9. The molecule has 0 saturated heterocycles. The van der Waals surface area contributed by atoms with Crippen LogP contribution in [0.5, 0.6) is 5.75 Å². The first kappa shape index (κ1) is 33.0. The number of hydrogen-bond acceptors (Lipinski definition) is 6. The quantitative estimate of drug-likeness (QED) is 0.237. The standard InChI is InChI=1S/C32H41N3O5S2/c1-7-30(32(37)33-23(3)4)34(21-25-11-9-24(5)10-12-25)31(36)22-35(26-13-15-27(16-14-26)40-8-2)42(38,39)29-19-17-28(41-6)18-20-29/h9-20,23,30H,7-8,21-22H2,1-6H3,(H,33,37)/t30-/m1/s1. The Morgan fingerprint density at radius 3 is 2.07 bits per heavy atom. The molecule has 1 atom stereocenters. The van der Waals surface area contributed by atoms with E-state index in [0.29, 0.717) is 24.5 Å². The second-order valence-corrected chi connectivity index (χ2v) is 13.0. The minimum Gasteiger partial charge on any atom is -0.494 e. The van der Waals surface area contributed by atoms with Gasteiger partial charge in [0.1, 0.15) is 18.3 Å². The van der Waals surface area contributed by atoms with Crippen LogP contribution in [0.3, 0.4) is 0 Å². The van der Waals surface area contributed by atoms with Crippen LogP contribution in [-0.2, 0) is 26.2 Å². The fraction of sp³-hybridized carbons (Fsp3) is 0.375. The Morgan fingerprint density at radius 2 is 1.55 bits per heavy atom. The van der Waals surface area contributed by atoms with Crippen LogP contribution >= 0.6 is 11.8 Å². The Morgan fingerprint density at radius 1 is 0.929 bits per heavy atom. The first-order chi connectivity index (χ1) is 20.0. The van der Waals surface area contributed by atoms with E-state index in [9.17, 15) is 18.0 Å². The van der Waals surface area contributed by atoms with Crippen LogP contribution in [0.4, 0.5) is 5.69 Å². The normalized spacial score (nSPS) is 12.1. The summed E-state index contributed by atoms with van der Waals surface area (Å²) in [6.07, 6.45) is 2.28. The molecule has 0 unspecified atom stereocenters. The Balaban J connectivity index is 2.06. The molecule has 10 heteroatoms. The topological polar surface area (TPSA) is 96.0 Å². The van der Waals surface area contributed by atoms with Gasteiger partial charge in [-0.3, -0.25) is 13.9 Å². The van der Waals surface area contributed by atoms with Crippen LogP contribution in [0, 0.1) is 6.92 Å². The van der Waals surface area contributed by atoms with Crippen molar-refractivity contribution in [3.8, 4) is 5.75 Å². The highest BCUT2D eigenvalue weighted by molar-refractivity contribution is 7.98. The van der Waals surface area contributed by atoms with Gasteiger partial charge >= 0.3 is 0 Å². The average Bonchev–Trinajstić information content (AvgIpc) is 2.97. The van der Waals surface area contributed by atoms with Crippen LogP contribution in [0.2, 0.25) is 0 Å². The molecule has 0 aliphatic rings. The van der Waals surface area contributed by atoms with Crippen molar-refractivity contribution in [2.45, 2.75) is 69.5 Å². The van der Waals surface area contributed by atoms with E-state index >= 15 is 0 Å². The number of aryl methyl sites for hydroxylation is 1.